The van der Waals surface area contributed by atoms with Gasteiger partial charge in [-0.2, -0.15) is 0 Å². The number of ether oxygens (including phenoxy) is 2. The molecule has 0 fully saturated rings. The van der Waals surface area contributed by atoms with E-state index in [1.807, 2.05) is 30.9 Å². The van der Waals surface area contributed by atoms with E-state index in [1.165, 1.54) is 5.56 Å². The van der Waals surface area contributed by atoms with Crippen LogP contribution in [-0.2, 0) is 11.2 Å². The van der Waals surface area contributed by atoms with Crippen LogP contribution >= 0.6 is 0 Å². The smallest absolute Gasteiger partial charge is 0.225 e. The Bertz CT molecular complexity index is 511. The summed E-state index contributed by atoms with van der Waals surface area (Å²) in [6, 6.07) is 4.11. The fourth-order valence-electron chi connectivity index (χ4n) is 2.78. The maximum atomic E-state index is 12.3. The fraction of sp³-hybridized carbons (Fsp3) is 0.562. The van der Waals surface area contributed by atoms with Crippen LogP contribution in [0.3, 0.4) is 0 Å². The third-order valence-corrected chi connectivity index (χ3v) is 3.96. The molecule has 1 heterocycles. The first-order valence-corrected chi connectivity index (χ1v) is 7.04. The van der Waals surface area contributed by atoms with Crippen LogP contribution in [0.2, 0.25) is 0 Å². The summed E-state index contributed by atoms with van der Waals surface area (Å²) in [5, 5.41) is 0. The Balaban J connectivity index is 2.38. The lowest BCUT2D eigenvalue weighted by atomic mass is 9.92. The van der Waals surface area contributed by atoms with Crippen molar-refractivity contribution < 1.29 is 14.3 Å². The number of fused-ring (bicyclic) bond motifs is 1. The Morgan fingerprint density at radius 1 is 1.25 bits per heavy atom. The van der Waals surface area contributed by atoms with Crippen molar-refractivity contribution in [1.82, 2.24) is 4.90 Å². The molecule has 1 unspecified atom stereocenters. The minimum absolute atomic E-state index is 0.0270. The van der Waals surface area contributed by atoms with Gasteiger partial charge in [-0.15, -0.1) is 0 Å². The first-order chi connectivity index (χ1) is 9.49. The molecule has 0 radical (unpaired) electrons. The van der Waals surface area contributed by atoms with Crippen molar-refractivity contribution in [2.45, 2.75) is 33.2 Å². The predicted molar refractivity (Wildman–Crippen MR) is 78.2 cm³/mol. The highest BCUT2D eigenvalue weighted by atomic mass is 16.5. The second-order valence-corrected chi connectivity index (χ2v) is 5.52. The van der Waals surface area contributed by atoms with E-state index in [2.05, 4.69) is 6.92 Å². The van der Waals surface area contributed by atoms with Crippen LogP contribution in [0.4, 0.5) is 0 Å². The van der Waals surface area contributed by atoms with Crippen molar-refractivity contribution in [3.63, 3.8) is 0 Å². The molecule has 0 spiro atoms. The summed E-state index contributed by atoms with van der Waals surface area (Å²) in [4.78, 5) is 14.2. The molecule has 2 rings (SSSR count). The SMILES string of the molecule is COc1cc2c(cc1OC)C(C)N(C(=O)C(C)C)CC2. The molecule has 0 saturated heterocycles. The van der Waals surface area contributed by atoms with Gasteiger partial charge in [0.1, 0.15) is 0 Å². The van der Waals surface area contributed by atoms with E-state index in [-0.39, 0.29) is 17.9 Å². The Morgan fingerprint density at radius 2 is 1.85 bits per heavy atom. The van der Waals surface area contributed by atoms with E-state index >= 15 is 0 Å². The predicted octanol–water partition coefficient (Wildman–Crippen LogP) is 2.81. The second-order valence-electron chi connectivity index (χ2n) is 5.52. The normalized spacial score (nSPS) is 17.9. The number of methoxy groups -OCH3 is 2. The lowest BCUT2D eigenvalue weighted by Crippen LogP contribution is -2.41. The number of hydrogen-bond acceptors (Lipinski definition) is 3. The van der Waals surface area contributed by atoms with E-state index in [0.29, 0.717) is 0 Å². The summed E-state index contributed by atoms with van der Waals surface area (Å²) in [7, 11) is 3.28. The zero-order chi connectivity index (χ0) is 14.9. The molecule has 0 saturated carbocycles. The summed E-state index contributed by atoms with van der Waals surface area (Å²) < 4.78 is 10.7. The monoisotopic (exact) mass is 277 g/mol. The maximum Gasteiger partial charge on any atom is 0.225 e. The molecule has 1 aliphatic heterocycles. The van der Waals surface area contributed by atoms with Crippen molar-refractivity contribution >= 4 is 5.91 Å². The molecule has 1 atom stereocenters. The number of nitrogens with zero attached hydrogens (tertiary/aromatic N) is 1. The summed E-state index contributed by atoms with van der Waals surface area (Å²) in [5.74, 6) is 1.70. The van der Waals surface area contributed by atoms with Gasteiger partial charge in [0.2, 0.25) is 5.91 Å². The van der Waals surface area contributed by atoms with Crippen molar-refractivity contribution in [2.24, 2.45) is 5.92 Å². The topological polar surface area (TPSA) is 38.8 Å². The summed E-state index contributed by atoms with van der Waals surface area (Å²) in [6.45, 7) is 6.73. The van der Waals surface area contributed by atoms with Crippen LogP contribution in [0.5, 0.6) is 11.5 Å². The van der Waals surface area contributed by atoms with E-state index in [0.717, 1.165) is 30.0 Å². The Kier molecular flexibility index (Phi) is 4.21. The number of carbonyl (C=O) groups is 1. The standard InChI is InChI=1S/C16H23NO3/c1-10(2)16(18)17-7-6-12-8-14(19-4)15(20-5)9-13(12)11(17)3/h8-11H,6-7H2,1-5H3. The van der Waals surface area contributed by atoms with Gasteiger partial charge >= 0.3 is 0 Å². The van der Waals surface area contributed by atoms with Gasteiger partial charge in [-0.1, -0.05) is 13.8 Å². The van der Waals surface area contributed by atoms with Crippen molar-refractivity contribution in [3.05, 3.63) is 23.3 Å². The van der Waals surface area contributed by atoms with Crippen molar-refractivity contribution in [1.29, 1.82) is 0 Å². The summed E-state index contributed by atoms with van der Waals surface area (Å²) in [6.07, 6.45) is 0.860. The molecule has 20 heavy (non-hydrogen) atoms. The minimum Gasteiger partial charge on any atom is -0.493 e. The zero-order valence-corrected chi connectivity index (χ0v) is 12.9. The summed E-state index contributed by atoms with van der Waals surface area (Å²) >= 11 is 0. The average Bonchev–Trinajstić information content (AvgIpc) is 2.45. The summed E-state index contributed by atoms with van der Waals surface area (Å²) in [5.41, 5.74) is 2.39. The molecule has 0 aromatic heterocycles. The third kappa shape index (κ3) is 2.47. The lowest BCUT2D eigenvalue weighted by Gasteiger charge is -2.36. The van der Waals surface area contributed by atoms with Crippen molar-refractivity contribution in [3.8, 4) is 11.5 Å². The number of carbonyl (C=O) groups excluding carboxylic acids is 1. The molecule has 110 valence electrons. The molecule has 1 aromatic carbocycles. The maximum absolute atomic E-state index is 12.3. The van der Waals surface area contributed by atoms with Crippen LogP contribution in [0.15, 0.2) is 12.1 Å². The zero-order valence-electron chi connectivity index (χ0n) is 12.9. The third-order valence-electron chi connectivity index (χ3n) is 3.96. The van der Waals surface area contributed by atoms with Gasteiger partial charge in [-0.05, 0) is 36.6 Å². The second kappa shape index (κ2) is 5.73. The highest BCUT2D eigenvalue weighted by molar-refractivity contribution is 5.79. The van der Waals surface area contributed by atoms with Crippen LogP contribution in [0.25, 0.3) is 0 Å². The molecular formula is C16H23NO3. The van der Waals surface area contributed by atoms with E-state index in [9.17, 15) is 4.79 Å². The first kappa shape index (κ1) is 14.7. The van der Waals surface area contributed by atoms with Gasteiger partial charge in [0.15, 0.2) is 11.5 Å². The Labute approximate surface area is 120 Å². The fourth-order valence-corrected chi connectivity index (χ4v) is 2.78. The minimum atomic E-state index is 0.0270. The van der Waals surface area contributed by atoms with E-state index < -0.39 is 0 Å². The molecule has 1 aliphatic rings. The van der Waals surface area contributed by atoms with Gasteiger partial charge in [0.25, 0.3) is 0 Å². The number of benzene rings is 1. The van der Waals surface area contributed by atoms with Gasteiger partial charge in [0.05, 0.1) is 20.3 Å². The van der Waals surface area contributed by atoms with Crippen LogP contribution < -0.4 is 9.47 Å². The lowest BCUT2D eigenvalue weighted by molar-refractivity contribution is -0.137. The van der Waals surface area contributed by atoms with Gasteiger partial charge < -0.3 is 14.4 Å². The molecule has 1 amide bonds. The molecule has 1 aromatic rings. The van der Waals surface area contributed by atoms with Gasteiger partial charge in [-0.3, -0.25) is 4.79 Å². The molecule has 4 heteroatoms. The van der Waals surface area contributed by atoms with Crippen LogP contribution in [0.1, 0.15) is 37.9 Å². The van der Waals surface area contributed by atoms with Crippen LogP contribution in [0, 0.1) is 5.92 Å². The number of amides is 1. The van der Waals surface area contributed by atoms with Gasteiger partial charge in [0, 0.05) is 12.5 Å². The highest BCUT2D eigenvalue weighted by Crippen LogP contribution is 2.38. The molecule has 0 bridgehead atoms. The number of hydrogen-bond donors (Lipinski definition) is 0. The molecule has 0 aliphatic carbocycles. The largest absolute Gasteiger partial charge is 0.493 e. The first-order valence-electron chi connectivity index (χ1n) is 7.04. The van der Waals surface area contributed by atoms with E-state index in [1.54, 1.807) is 14.2 Å². The Hall–Kier alpha value is -1.71. The van der Waals surface area contributed by atoms with E-state index in [4.69, 9.17) is 9.47 Å². The van der Waals surface area contributed by atoms with Gasteiger partial charge in [-0.25, -0.2) is 0 Å². The van der Waals surface area contributed by atoms with Crippen molar-refractivity contribution in [2.75, 3.05) is 20.8 Å². The molecular weight excluding hydrogens is 254 g/mol. The average molecular weight is 277 g/mol. The number of rotatable bonds is 3. The van der Waals surface area contributed by atoms with Crippen LogP contribution in [-0.4, -0.2) is 31.6 Å². The quantitative estimate of drug-likeness (QED) is 0.852. The highest BCUT2D eigenvalue weighted by Gasteiger charge is 2.30. The Morgan fingerprint density at radius 3 is 2.40 bits per heavy atom. The molecule has 4 nitrogen and oxygen atoms in total. The molecule has 0 N–H and O–H groups in total.